The number of carbonyl (C=O) groups is 1. The van der Waals surface area contributed by atoms with Gasteiger partial charge in [-0.05, 0) is 46.0 Å². The third kappa shape index (κ3) is 8.46. The van der Waals surface area contributed by atoms with Crippen molar-refractivity contribution in [1.82, 2.24) is 0 Å². The first-order chi connectivity index (χ1) is 7.60. The zero-order valence-electron chi connectivity index (χ0n) is 11.3. The van der Waals surface area contributed by atoms with Gasteiger partial charge >= 0.3 is 0 Å². The highest BCUT2D eigenvalue weighted by Crippen LogP contribution is 2.13. The van der Waals surface area contributed by atoms with Crippen LogP contribution in [0.3, 0.4) is 0 Å². The summed E-state index contributed by atoms with van der Waals surface area (Å²) in [4.78, 5) is 10.8. The summed E-state index contributed by atoms with van der Waals surface area (Å²) in [5, 5.41) is 0. The predicted molar refractivity (Wildman–Crippen MR) is 71.6 cm³/mol. The van der Waals surface area contributed by atoms with E-state index in [0.29, 0.717) is 6.42 Å². The molecule has 0 saturated heterocycles. The van der Waals surface area contributed by atoms with Gasteiger partial charge in [0.1, 0.15) is 5.78 Å². The molecule has 0 bridgehead atoms. The molecule has 0 aliphatic carbocycles. The van der Waals surface area contributed by atoms with Crippen molar-refractivity contribution in [3.8, 4) is 0 Å². The van der Waals surface area contributed by atoms with E-state index in [1.807, 2.05) is 0 Å². The lowest BCUT2D eigenvalue weighted by molar-refractivity contribution is -0.116. The van der Waals surface area contributed by atoms with Crippen molar-refractivity contribution < 1.29 is 4.79 Å². The normalized spacial score (nSPS) is 13.0. The van der Waals surface area contributed by atoms with Crippen LogP contribution in [-0.4, -0.2) is 5.78 Å². The Balaban J connectivity index is 3.95. The van der Waals surface area contributed by atoms with Gasteiger partial charge in [0.25, 0.3) is 0 Å². The molecule has 0 atom stereocenters. The van der Waals surface area contributed by atoms with E-state index in [1.165, 1.54) is 11.1 Å². The van der Waals surface area contributed by atoms with E-state index in [4.69, 9.17) is 0 Å². The number of rotatable bonds is 8. The zero-order valence-corrected chi connectivity index (χ0v) is 11.3. The van der Waals surface area contributed by atoms with Crippen LogP contribution < -0.4 is 0 Å². The molecule has 0 aliphatic rings. The summed E-state index contributed by atoms with van der Waals surface area (Å²) in [5.41, 5.74) is 2.96. The van der Waals surface area contributed by atoms with E-state index in [0.717, 1.165) is 32.1 Å². The van der Waals surface area contributed by atoms with Crippen LogP contribution in [0.15, 0.2) is 23.3 Å². The SMILES string of the molecule is CCC(C)=CCCC(=CCCC(C)=O)CC. The van der Waals surface area contributed by atoms with Crippen LogP contribution in [0.4, 0.5) is 0 Å². The number of allylic oxidation sites excluding steroid dienone is 4. The van der Waals surface area contributed by atoms with Crippen LogP contribution in [0.2, 0.25) is 0 Å². The first-order valence-corrected chi connectivity index (χ1v) is 6.43. The van der Waals surface area contributed by atoms with Gasteiger partial charge in [-0.25, -0.2) is 0 Å². The van der Waals surface area contributed by atoms with E-state index in [1.54, 1.807) is 6.92 Å². The second kappa shape index (κ2) is 9.38. The van der Waals surface area contributed by atoms with Gasteiger partial charge in [0.15, 0.2) is 0 Å². The lowest BCUT2D eigenvalue weighted by Crippen LogP contribution is -1.89. The molecule has 0 aromatic rings. The maximum atomic E-state index is 10.8. The molecule has 0 spiro atoms. The Morgan fingerprint density at radius 2 is 1.56 bits per heavy atom. The van der Waals surface area contributed by atoms with Crippen LogP contribution >= 0.6 is 0 Å². The summed E-state index contributed by atoms with van der Waals surface area (Å²) in [6, 6.07) is 0. The minimum atomic E-state index is 0.286. The molecule has 0 amide bonds. The maximum Gasteiger partial charge on any atom is 0.130 e. The Morgan fingerprint density at radius 1 is 0.938 bits per heavy atom. The van der Waals surface area contributed by atoms with Crippen molar-refractivity contribution in [2.24, 2.45) is 0 Å². The monoisotopic (exact) mass is 222 g/mol. The largest absolute Gasteiger partial charge is 0.300 e. The average molecular weight is 222 g/mol. The van der Waals surface area contributed by atoms with E-state index in [2.05, 4.69) is 32.9 Å². The Labute approximate surface area is 101 Å². The summed E-state index contributed by atoms with van der Waals surface area (Å²) in [5.74, 6) is 0.286. The van der Waals surface area contributed by atoms with E-state index >= 15 is 0 Å². The third-order valence-corrected chi connectivity index (χ3v) is 2.90. The highest BCUT2D eigenvalue weighted by atomic mass is 16.1. The second-order valence-corrected chi connectivity index (χ2v) is 4.40. The van der Waals surface area contributed by atoms with E-state index in [9.17, 15) is 4.79 Å². The molecule has 0 unspecified atom stereocenters. The van der Waals surface area contributed by atoms with Gasteiger partial charge < -0.3 is 4.79 Å². The molecule has 1 heteroatoms. The Hall–Kier alpha value is -0.850. The van der Waals surface area contributed by atoms with Gasteiger partial charge in [0, 0.05) is 6.42 Å². The number of ketones is 1. The Kier molecular flexibility index (Phi) is 8.88. The van der Waals surface area contributed by atoms with Gasteiger partial charge in [0.2, 0.25) is 0 Å². The van der Waals surface area contributed by atoms with Gasteiger partial charge in [-0.15, -0.1) is 0 Å². The molecule has 0 rings (SSSR count). The smallest absolute Gasteiger partial charge is 0.130 e. The first kappa shape index (κ1) is 15.2. The van der Waals surface area contributed by atoms with Gasteiger partial charge in [-0.1, -0.05) is 37.1 Å². The van der Waals surface area contributed by atoms with Crippen molar-refractivity contribution in [3.05, 3.63) is 23.3 Å². The molecule has 0 aromatic heterocycles. The third-order valence-electron chi connectivity index (χ3n) is 2.90. The zero-order chi connectivity index (χ0) is 12.4. The number of Topliss-reactive ketones (excluding diaryl/α,β-unsaturated/α-hetero) is 1. The molecule has 92 valence electrons. The molecule has 16 heavy (non-hydrogen) atoms. The molecule has 0 heterocycles. The van der Waals surface area contributed by atoms with Crippen molar-refractivity contribution in [3.63, 3.8) is 0 Å². The number of hydrogen-bond donors (Lipinski definition) is 0. The molecule has 1 nitrogen and oxygen atoms in total. The van der Waals surface area contributed by atoms with Crippen LogP contribution in [0, 0.1) is 0 Å². The lowest BCUT2D eigenvalue weighted by Gasteiger charge is -2.03. The lowest BCUT2D eigenvalue weighted by atomic mass is 10.0. The molecular formula is C15H26O. The minimum absolute atomic E-state index is 0.286. The van der Waals surface area contributed by atoms with Crippen LogP contribution in [0.25, 0.3) is 0 Å². The molecule has 0 aromatic carbocycles. The summed E-state index contributed by atoms with van der Waals surface area (Å²) in [7, 11) is 0. The average Bonchev–Trinajstić information content (AvgIpc) is 2.26. The molecular weight excluding hydrogens is 196 g/mol. The van der Waals surface area contributed by atoms with Gasteiger partial charge in [-0.2, -0.15) is 0 Å². The summed E-state index contributed by atoms with van der Waals surface area (Å²) >= 11 is 0. The fourth-order valence-corrected chi connectivity index (χ4v) is 1.55. The van der Waals surface area contributed by atoms with E-state index in [-0.39, 0.29) is 5.78 Å². The quantitative estimate of drug-likeness (QED) is 0.538. The predicted octanol–water partition coefficient (Wildman–Crippen LogP) is 4.83. The molecule has 0 N–H and O–H groups in total. The summed E-state index contributed by atoms with van der Waals surface area (Å²) in [6.07, 6.45) is 10.7. The van der Waals surface area contributed by atoms with Gasteiger partial charge in [0.05, 0.1) is 0 Å². The van der Waals surface area contributed by atoms with Crippen molar-refractivity contribution in [2.75, 3.05) is 0 Å². The van der Waals surface area contributed by atoms with Crippen LogP contribution in [0.5, 0.6) is 0 Å². The Morgan fingerprint density at radius 3 is 2.06 bits per heavy atom. The van der Waals surface area contributed by atoms with Crippen molar-refractivity contribution in [2.45, 2.75) is 66.2 Å². The maximum absolute atomic E-state index is 10.8. The standard InChI is InChI=1S/C15H26O/c1-5-13(3)9-7-11-15(6-2)12-8-10-14(4)16/h9,12H,5-8,10-11H2,1-4H3. The minimum Gasteiger partial charge on any atom is -0.300 e. The molecule has 0 fully saturated rings. The van der Waals surface area contributed by atoms with Crippen LogP contribution in [0.1, 0.15) is 66.2 Å². The number of carbonyl (C=O) groups excluding carboxylic acids is 1. The number of hydrogen-bond acceptors (Lipinski definition) is 1. The highest BCUT2D eigenvalue weighted by Gasteiger charge is 1.95. The highest BCUT2D eigenvalue weighted by molar-refractivity contribution is 5.75. The topological polar surface area (TPSA) is 17.1 Å². The molecule has 0 aliphatic heterocycles. The van der Waals surface area contributed by atoms with Gasteiger partial charge in [-0.3, -0.25) is 0 Å². The second-order valence-electron chi connectivity index (χ2n) is 4.40. The summed E-state index contributed by atoms with van der Waals surface area (Å²) in [6.45, 7) is 8.23. The first-order valence-electron chi connectivity index (χ1n) is 6.43. The fourth-order valence-electron chi connectivity index (χ4n) is 1.55. The van der Waals surface area contributed by atoms with Crippen LogP contribution in [-0.2, 0) is 4.79 Å². The van der Waals surface area contributed by atoms with E-state index < -0.39 is 0 Å². The molecule has 0 saturated carbocycles. The fraction of sp³-hybridized carbons (Fsp3) is 0.667. The van der Waals surface area contributed by atoms with Crippen molar-refractivity contribution >= 4 is 5.78 Å². The summed E-state index contributed by atoms with van der Waals surface area (Å²) < 4.78 is 0. The van der Waals surface area contributed by atoms with Crippen molar-refractivity contribution in [1.29, 1.82) is 0 Å². The molecule has 0 radical (unpaired) electrons. The Bertz CT molecular complexity index is 259.